The van der Waals surface area contributed by atoms with Crippen molar-refractivity contribution in [2.45, 2.75) is 39.3 Å². The Kier molecular flexibility index (Phi) is 6.73. The molecule has 4 rings (SSSR count). The molecule has 3 aromatic rings. The molecule has 0 bridgehead atoms. The van der Waals surface area contributed by atoms with E-state index in [2.05, 4.69) is 51.2 Å². The molecular formula is C25H32N6O. The lowest BCUT2D eigenvalue weighted by atomic mass is 9.96. The molecule has 1 heterocycles. The first kappa shape index (κ1) is 21.9. The fraction of sp³-hybridized carbons (Fsp3) is 0.400. The van der Waals surface area contributed by atoms with Crippen molar-refractivity contribution in [1.29, 1.82) is 0 Å². The number of aromatic nitrogens is 3. The highest BCUT2D eigenvalue weighted by atomic mass is 16.5. The SMILES string of the molecule is COc1ccc(CN=C(NCc2nnc(C)n2C)NCC2(Cc3ccccc3)CC2)cc1. The van der Waals surface area contributed by atoms with Crippen LogP contribution in [-0.4, -0.2) is 34.4 Å². The monoisotopic (exact) mass is 432 g/mol. The van der Waals surface area contributed by atoms with Gasteiger partial charge in [0.05, 0.1) is 20.2 Å². The molecule has 7 heteroatoms. The van der Waals surface area contributed by atoms with Crippen molar-refractivity contribution in [2.75, 3.05) is 13.7 Å². The van der Waals surface area contributed by atoms with Crippen molar-refractivity contribution in [3.63, 3.8) is 0 Å². The Hall–Kier alpha value is -3.35. The molecule has 0 atom stereocenters. The number of nitrogens with zero attached hydrogens (tertiary/aromatic N) is 4. The molecule has 32 heavy (non-hydrogen) atoms. The number of hydrogen-bond donors (Lipinski definition) is 2. The average Bonchev–Trinajstić information content (AvgIpc) is 3.52. The molecule has 1 saturated carbocycles. The van der Waals surface area contributed by atoms with Crippen molar-refractivity contribution in [1.82, 2.24) is 25.4 Å². The van der Waals surface area contributed by atoms with Crippen LogP contribution >= 0.6 is 0 Å². The number of rotatable bonds is 9. The summed E-state index contributed by atoms with van der Waals surface area (Å²) in [6.45, 7) is 4.00. The molecule has 0 saturated heterocycles. The standard InChI is InChI=1S/C25H32N6O/c1-19-29-30-23(31(19)2)17-27-24(26-16-21-9-11-22(32-3)12-10-21)28-18-25(13-14-25)15-20-7-5-4-6-8-20/h4-12H,13-18H2,1-3H3,(H2,26,27,28). The summed E-state index contributed by atoms with van der Waals surface area (Å²) in [6, 6.07) is 18.8. The van der Waals surface area contributed by atoms with E-state index in [0.29, 0.717) is 18.5 Å². The van der Waals surface area contributed by atoms with Crippen LogP contribution in [0.4, 0.5) is 0 Å². The molecule has 1 fully saturated rings. The predicted octanol–water partition coefficient (Wildman–Crippen LogP) is 3.39. The molecule has 0 radical (unpaired) electrons. The Labute approximate surface area is 189 Å². The quantitative estimate of drug-likeness (QED) is 0.400. The van der Waals surface area contributed by atoms with Gasteiger partial charge in [0.25, 0.3) is 0 Å². The fourth-order valence-corrected chi connectivity index (χ4v) is 3.74. The minimum absolute atomic E-state index is 0.311. The number of benzene rings is 2. The van der Waals surface area contributed by atoms with Crippen molar-refractivity contribution in [3.8, 4) is 5.75 Å². The van der Waals surface area contributed by atoms with E-state index in [1.807, 2.05) is 42.8 Å². The van der Waals surface area contributed by atoms with Gasteiger partial charge in [-0.25, -0.2) is 4.99 Å². The van der Waals surface area contributed by atoms with E-state index >= 15 is 0 Å². The highest BCUT2D eigenvalue weighted by Crippen LogP contribution is 2.47. The second-order valence-corrected chi connectivity index (χ2v) is 8.60. The van der Waals surface area contributed by atoms with Crippen molar-refractivity contribution < 1.29 is 4.74 Å². The van der Waals surface area contributed by atoms with Gasteiger partial charge in [-0.2, -0.15) is 0 Å². The highest BCUT2D eigenvalue weighted by molar-refractivity contribution is 5.79. The topological polar surface area (TPSA) is 76.4 Å². The third-order valence-corrected chi connectivity index (χ3v) is 6.19. The number of methoxy groups -OCH3 is 1. The summed E-state index contributed by atoms with van der Waals surface area (Å²) >= 11 is 0. The smallest absolute Gasteiger partial charge is 0.191 e. The Bertz CT molecular complexity index is 1040. The summed E-state index contributed by atoms with van der Waals surface area (Å²) in [6.07, 6.45) is 3.57. The van der Waals surface area contributed by atoms with Gasteiger partial charge in [0.1, 0.15) is 11.6 Å². The number of hydrogen-bond acceptors (Lipinski definition) is 4. The van der Waals surface area contributed by atoms with E-state index in [9.17, 15) is 0 Å². The largest absolute Gasteiger partial charge is 0.497 e. The summed E-state index contributed by atoms with van der Waals surface area (Å²) in [5, 5.41) is 15.4. The predicted molar refractivity (Wildman–Crippen MR) is 127 cm³/mol. The normalized spacial score (nSPS) is 14.8. The third kappa shape index (κ3) is 5.66. The molecule has 1 aliphatic carbocycles. The Morgan fingerprint density at radius 1 is 1.03 bits per heavy atom. The number of guanidine groups is 1. The van der Waals surface area contributed by atoms with E-state index in [4.69, 9.17) is 9.73 Å². The molecule has 168 valence electrons. The van der Waals surface area contributed by atoms with Gasteiger partial charge in [-0.3, -0.25) is 0 Å². The van der Waals surface area contributed by atoms with Gasteiger partial charge in [-0.15, -0.1) is 10.2 Å². The Balaban J connectivity index is 1.41. The summed E-state index contributed by atoms with van der Waals surface area (Å²) < 4.78 is 7.24. The molecule has 0 spiro atoms. The van der Waals surface area contributed by atoms with Crippen molar-refractivity contribution >= 4 is 5.96 Å². The molecule has 0 amide bonds. The van der Waals surface area contributed by atoms with Gasteiger partial charge in [0.2, 0.25) is 0 Å². The first-order valence-corrected chi connectivity index (χ1v) is 11.1. The molecule has 2 N–H and O–H groups in total. The lowest BCUT2D eigenvalue weighted by molar-refractivity contribution is 0.414. The summed E-state index contributed by atoms with van der Waals surface area (Å²) in [4.78, 5) is 4.84. The van der Waals surface area contributed by atoms with E-state index in [1.54, 1.807) is 7.11 Å². The molecule has 0 unspecified atom stereocenters. The minimum atomic E-state index is 0.311. The van der Waals surface area contributed by atoms with Crippen LogP contribution in [-0.2, 0) is 26.6 Å². The number of ether oxygens (including phenoxy) is 1. The molecule has 2 aromatic carbocycles. The molecule has 1 aromatic heterocycles. The second-order valence-electron chi connectivity index (χ2n) is 8.60. The lowest BCUT2D eigenvalue weighted by Crippen LogP contribution is -2.41. The number of nitrogens with one attached hydrogen (secondary N) is 2. The zero-order valence-corrected chi connectivity index (χ0v) is 19.1. The first-order chi connectivity index (χ1) is 15.6. The van der Waals surface area contributed by atoms with Crippen LogP contribution in [0, 0.1) is 12.3 Å². The molecule has 0 aliphatic heterocycles. The van der Waals surface area contributed by atoms with E-state index in [0.717, 1.165) is 41.9 Å². The lowest BCUT2D eigenvalue weighted by Gasteiger charge is -2.19. The fourth-order valence-electron chi connectivity index (χ4n) is 3.74. The zero-order valence-electron chi connectivity index (χ0n) is 19.1. The van der Waals surface area contributed by atoms with Crippen molar-refractivity contribution in [2.24, 2.45) is 17.5 Å². The summed E-state index contributed by atoms with van der Waals surface area (Å²) in [7, 11) is 3.66. The first-order valence-electron chi connectivity index (χ1n) is 11.1. The number of aryl methyl sites for hydroxylation is 1. The molecule has 7 nitrogen and oxygen atoms in total. The van der Waals surface area contributed by atoms with Gasteiger partial charge < -0.3 is 19.9 Å². The van der Waals surface area contributed by atoms with Gasteiger partial charge in [0, 0.05) is 13.6 Å². The van der Waals surface area contributed by atoms with Gasteiger partial charge >= 0.3 is 0 Å². The second kappa shape index (κ2) is 9.85. The Morgan fingerprint density at radius 2 is 1.78 bits per heavy atom. The summed E-state index contributed by atoms with van der Waals surface area (Å²) in [5.74, 6) is 3.42. The maximum atomic E-state index is 5.25. The highest BCUT2D eigenvalue weighted by Gasteiger charge is 2.42. The maximum absolute atomic E-state index is 5.25. The average molecular weight is 433 g/mol. The maximum Gasteiger partial charge on any atom is 0.191 e. The van der Waals surface area contributed by atoms with Crippen LogP contribution in [0.2, 0.25) is 0 Å². The van der Waals surface area contributed by atoms with Gasteiger partial charge in [-0.1, -0.05) is 42.5 Å². The third-order valence-electron chi connectivity index (χ3n) is 6.19. The van der Waals surface area contributed by atoms with E-state index in [1.165, 1.54) is 18.4 Å². The Morgan fingerprint density at radius 3 is 2.41 bits per heavy atom. The van der Waals surface area contributed by atoms with Gasteiger partial charge in [0.15, 0.2) is 11.8 Å². The van der Waals surface area contributed by atoms with E-state index < -0.39 is 0 Å². The van der Waals surface area contributed by atoms with E-state index in [-0.39, 0.29) is 0 Å². The summed E-state index contributed by atoms with van der Waals surface area (Å²) in [5.41, 5.74) is 2.84. The van der Waals surface area contributed by atoms with Crippen LogP contribution in [0.15, 0.2) is 59.6 Å². The molecular weight excluding hydrogens is 400 g/mol. The van der Waals surface area contributed by atoms with Crippen LogP contribution in [0.1, 0.15) is 35.6 Å². The van der Waals surface area contributed by atoms with Crippen LogP contribution in [0.5, 0.6) is 5.75 Å². The molecule has 1 aliphatic rings. The zero-order chi connectivity index (χ0) is 22.4. The van der Waals surface area contributed by atoms with Crippen LogP contribution in [0.25, 0.3) is 0 Å². The van der Waals surface area contributed by atoms with Crippen LogP contribution < -0.4 is 15.4 Å². The minimum Gasteiger partial charge on any atom is -0.497 e. The van der Waals surface area contributed by atoms with Crippen molar-refractivity contribution in [3.05, 3.63) is 77.4 Å². The van der Waals surface area contributed by atoms with Crippen LogP contribution in [0.3, 0.4) is 0 Å². The number of aliphatic imine (C=N–C) groups is 1. The van der Waals surface area contributed by atoms with Gasteiger partial charge in [-0.05, 0) is 54.9 Å².